The lowest BCUT2D eigenvalue weighted by atomic mass is 10.1. The Bertz CT molecular complexity index is 736. The van der Waals surface area contributed by atoms with Crippen LogP contribution in [-0.4, -0.2) is 82.9 Å². The van der Waals surface area contributed by atoms with Crippen molar-refractivity contribution in [1.82, 2.24) is 19.9 Å². The van der Waals surface area contributed by atoms with Crippen LogP contribution in [0.3, 0.4) is 0 Å². The molecular weight excluding hydrogens is 350 g/mol. The van der Waals surface area contributed by atoms with Crippen LogP contribution in [-0.2, 0) is 14.4 Å². The molecular formula is C18H25N5O4. The van der Waals surface area contributed by atoms with E-state index in [1.165, 1.54) is 0 Å². The maximum atomic E-state index is 12.7. The minimum atomic E-state index is -0.205. The SMILES string of the molecule is Cc1cc(NC(=O)CN2CCN(C(=O)C3CC(=O)N(C4CC4)C3)CC2)no1. The molecule has 9 heteroatoms. The number of aryl methyl sites for hydroxylation is 1. The Kier molecular flexibility index (Phi) is 4.86. The highest BCUT2D eigenvalue weighted by Gasteiger charge is 2.43. The van der Waals surface area contributed by atoms with Crippen molar-refractivity contribution in [3.8, 4) is 0 Å². The second-order valence-corrected chi connectivity index (χ2v) is 7.65. The predicted octanol–water partition coefficient (Wildman–Crippen LogP) is 0.0766. The van der Waals surface area contributed by atoms with Crippen LogP contribution in [0.1, 0.15) is 25.0 Å². The fourth-order valence-corrected chi connectivity index (χ4v) is 3.83. The average molecular weight is 375 g/mol. The van der Waals surface area contributed by atoms with Crippen LogP contribution >= 0.6 is 0 Å². The van der Waals surface area contributed by atoms with Crippen molar-refractivity contribution < 1.29 is 18.9 Å². The summed E-state index contributed by atoms with van der Waals surface area (Å²) in [6.07, 6.45) is 2.48. The first-order chi connectivity index (χ1) is 13.0. The molecule has 0 spiro atoms. The Labute approximate surface area is 157 Å². The number of amides is 3. The first kappa shape index (κ1) is 18.0. The summed E-state index contributed by atoms with van der Waals surface area (Å²) >= 11 is 0. The van der Waals surface area contributed by atoms with Crippen LogP contribution in [0, 0.1) is 12.8 Å². The van der Waals surface area contributed by atoms with Crippen molar-refractivity contribution in [3.63, 3.8) is 0 Å². The largest absolute Gasteiger partial charge is 0.360 e. The van der Waals surface area contributed by atoms with Crippen molar-refractivity contribution in [2.24, 2.45) is 5.92 Å². The van der Waals surface area contributed by atoms with E-state index < -0.39 is 0 Å². The molecule has 0 aromatic carbocycles. The Balaban J connectivity index is 1.22. The summed E-state index contributed by atoms with van der Waals surface area (Å²) in [4.78, 5) is 42.6. The number of nitrogens with one attached hydrogen (secondary N) is 1. The molecule has 9 nitrogen and oxygen atoms in total. The van der Waals surface area contributed by atoms with Crippen LogP contribution in [0.5, 0.6) is 0 Å². The number of rotatable bonds is 5. The number of likely N-dealkylation sites (tertiary alicyclic amines) is 1. The molecule has 146 valence electrons. The Morgan fingerprint density at radius 1 is 1.26 bits per heavy atom. The summed E-state index contributed by atoms with van der Waals surface area (Å²) in [6, 6.07) is 2.04. The van der Waals surface area contributed by atoms with Gasteiger partial charge in [-0.15, -0.1) is 0 Å². The third kappa shape index (κ3) is 4.13. The van der Waals surface area contributed by atoms with Crippen LogP contribution in [0.2, 0.25) is 0 Å². The Morgan fingerprint density at radius 3 is 2.63 bits per heavy atom. The summed E-state index contributed by atoms with van der Waals surface area (Å²) in [5, 5.41) is 6.45. The zero-order valence-electron chi connectivity index (χ0n) is 15.5. The van der Waals surface area contributed by atoms with Gasteiger partial charge in [-0.1, -0.05) is 5.16 Å². The molecule has 27 heavy (non-hydrogen) atoms. The van der Waals surface area contributed by atoms with Crippen molar-refractivity contribution in [2.75, 3.05) is 44.6 Å². The number of anilines is 1. The third-order valence-electron chi connectivity index (χ3n) is 5.44. The van der Waals surface area contributed by atoms with Crippen molar-refractivity contribution >= 4 is 23.5 Å². The van der Waals surface area contributed by atoms with Crippen molar-refractivity contribution in [2.45, 2.75) is 32.2 Å². The summed E-state index contributed by atoms with van der Waals surface area (Å²) in [5.41, 5.74) is 0. The zero-order chi connectivity index (χ0) is 19.0. The normalized spacial score (nSPS) is 23.7. The van der Waals surface area contributed by atoms with Gasteiger partial charge in [-0.05, 0) is 19.8 Å². The van der Waals surface area contributed by atoms with E-state index in [0.29, 0.717) is 56.8 Å². The minimum Gasteiger partial charge on any atom is -0.360 e. The van der Waals surface area contributed by atoms with E-state index in [4.69, 9.17) is 4.52 Å². The van der Waals surface area contributed by atoms with Crippen LogP contribution in [0.4, 0.5) is 5.82 Å². The molecule has 3 heterocycles. The molecule has 1 aliphatic carbocycles. The van der Waals surface area contributed by atoms with Crippen molar-refractivity contribution in [3.05, 3.63) is 11.8 Å². The summed E-state index contributed by atoms with van der Waals surface area (Å²) < 4.78 is 4.93. The summed E-state index contributed by atoms with van der Waals surface area (Å²) in [5.74, 6) is 0.899. The summed E-state index contributed by atoms with van der Waals surface area (Å²) in [6.45, 7) is 5.05. The van der Waals surface area contributed by atoms with E-state index in [0.717, 1.165) is 12.8 Å². The molecule has 3 fully saturated rings. The molecule has 3 aliphatic rings. The smallest absolute Gasteiger partial charge is 0.239 e. The van der Waals surface area contributed by atoms with Gasteiger partial charge in [0.2, 0.25) is 17.7 Å². The topological polar surface area (TPSA) is 99.0 Å². The van der Waals surface area contributed by atoms with Crippen LogP contribution in [0.15, 0.2) is 10.6 Å². The second kappa shape index (κ2) is 7.30. The molecule has 1 unspecified atom stereocenters. The molecule has 1 aromatic rings. The minimum absolute atomic E-state index is 0.0775. The van der Waals surface area contributed by atoms with Crippen molar-refractivity contribution in [1.29, 1.82) is 0 Å². The number of carbonyl (C=O) groups excluding carboxylic acids is 3. The van der Waals surface area contributed by atoms with E-state index in [1.54, 1.807) is 13.0 Å². The molecule has 0 radical (unpaired) electrons. The van der Waals surface area contributed by atoms with Gasteiger partial charge in [0.25, 0.3) is 0 Å². The molecule has 0 bridgehead atoms. The van der Waals surface area contributed by atoms with Gasteiger partial charge in [0.05, 0.1) is 12.5 Å². The molecule has 2 aliphatic heterocycles. The second-order valence-electron chi connectivity index (χ2n) is 7.65. The first-order valence-corrected chi connectivity index (χ1v) is 9.53. The highest BCUT2D eigenvalue weighted by atomic mass is 16.5. The van der Waals surface area contributed by atoms with Gasteiger partial charge < -0.3 is 19.6 Å². The first-order valence-electron chi connectivity index (χ1n) is 9.53. The maximum absolute atomic E-state index is 12.7. The van der Waals surface area contributed by atoms with Crippen LogP contribution < -0.4 is 5.32 Å². The number of aromatic nitrogens is 1. The number of hydrogen-bond acceptors (Lipinski definition) is 6. The van der Waals surface area contributed by atoms with E-state index in [2.05, 4.69) is 10.5 Å². The standard InChI is InChI=1S/C18H25N5O4/c1-12-8-15(20-27-12)19-16(24)11-21-4-6-22(7-5-21)18(26)13-9-17(25)23(10-13)14-2-3-14/h8,13-14H,2-7,9-11H2,1H3,(H,19,20,24). The fourth-order valence-electron chi connectivity index (χ4n) is 3.83. The van der Waals surface area contributed by atoms with Gasteiger partial charge in [-0.2, -0.15) is 0 Å². The Morgan fingerprint density at radius 2 is 2.00 bits per heavy atom. The molecule has 3 amide bonds. The van der Waals surface area contributed by atoms with Gasteiger partial charge in [0, 0.05) is 51.3 Å². The molecule has 1 saturated carbocycles. The fraction of sp³-hybridized carbons (Fsp3) is 0.667. The van der Waals surface area contributed by atoms with Gasteiger partial charge in [-0.25, -0.2) is 0 Å². The number of piperazine rings is 1. The van der Waals surface area contributed by atoms with Gasteiger partial charge >= 0.3 is 0 Å². The molecule has 2 saturated heterocycles. The highest BCUT2D eigenvalue weighted by molar-refractivity contribution is 5.91. The van der Waals surface area contributed by atoms with E-state index in [1.807, 2.05) is 14.7 Å². The summed E-state index contributed by atoms with van der Waals surface area (Å²) in [7, 11) is 0. The lowest BCUT2D eigenvalue weighted by Gasteiger charge is -2.35. The monoisotopic (exact) mass is 375 g/mol. The third-order valence-corrected chi connectivity index (χ3v) is 5.44. The lowest BCUT2D eigenvalue weighted by molar-refractivity contribution is -0.137. The van der Waals surface area contributed by atoms with Gasteiger partial charge in [-0.3, -0.25) is 19.3 Å². The van der Waals surface area contributed by atoms with E-state index >= 15 is 0 Å². The number of hydrogen-bond donors (Lipinski definition) is 1. The maximum Gasteiger partial charge on any atom is 0.239 e. The highest BCUT2D eigenvalue weighted by Crippen LogP contribution is 2.33. The molecule has 1 aromatic heterocycles. The van der Waals surface area contributed by atoms with Crippen LogP contribution in [0.25, 0.3) is 0 Å². The van der Waals surface area contributed by atoms with E-state index in [9.17, 15) is 14.4 Å². The van der Waals surface area contributed by atoms with Gasteiger partial charge in [0.1, 0.15) is 5.76 Å². The predicted molar refractivity (Wildman–Crippen MR) is 95.7 cm³/mol. The average Bonchev–Trinajstić information content (AvgIpc) is 3.30. The lowest BCUT2D eigenvalue weighted by Crippen LogP contribution is -2.52. The van der Waals surface area contributed by atoms with Gasteiger partial charge in [0.15, 0.2) is 5.82 Å². The molecule has 1 N–H and O–H groups in total. The molecule has 4 rings (SSSR count). The quantitative estimate of drug-likeness (QED) is 0.782. The number of nitrogens with zero attached hydrogens (tertiary/aromatic N) is 4. The van der Waals surface area contributed by atoms with E-state index in [-0.39, 0.29) is 30.2 Å². The Hall–Kier alpha value is -2.42. The zero-order valence-corrected chi connectivity index (χ0v) is 15.5. The number of carbonyl (C=O) groups is 3. The molecule has 1 atom stereocenters.